The van der Waals surface area contributed by atoms with E-state index in [1.165, 1.54) is 11.3 Å². The van der Waals surface area contributed by atoms with E-state index in [0.717, 1.165) is 37.8 Å². The molecule has 0 amide bonds. The molecule has 5 nitrogen and oxygen atoms in total. The summed E-state index contributed by atoms with van der Waals surface area (Å²) in [6.07, 6.45) is 4.00. The summed E-state index contributed by atoms with van der Waals surface area (Å²) in [5.41, 5.74) is 0.717. The maximum absolute atomic E-state index is 12.3. The molecule has 1 saturated carbocycles. The topological polar surface area (TPSA) is 67.4 Å². The lowest BCUT2D eigenvalue weighted by Gasteiger charge is -2.40. The van der Waals surface area contributed by atoms with E-state index in [4.69, 9.17) is 4.74 Å². The van der Waals surface area contributed by atoms with Gasteiger partial charge in [-0.1, -0.05) is 6.92 Å². The smallest absolute Gasteiger partial charge is 0.250 e. The number of hydrogen-bond donors (Lipinski definition) is 2. The van der Waals surface area contributed by atoms with Crippen molar-refractivity contribution in [1.29, 1.82) is 0 Å². The van der Waals surface area contributed by atoms with Crippen LogP contribution < -0.4 is 10.0 Å². The average Bonchev–Trinajstić information content (AvgIpc) is 2.88. The zero-order valence-corrected chi connectivity index (χ0v) is 14.3. The Kier molecular flexibility index (Phi) is 5.79. The van der Waals surface area contributed by atoms with Crippen molar-refractivity contribution in [1.82, 2.24) is 10.0 Å². The summed E-state index contributed by atoms with van der Waals surface area (Å²) in [7, 11) is -1.78. The zero-order chi connectivity index (χ0) is 15.3. The number of methoxy groups -OCH3 is 1. The molecular weight excluding hydrogens is 308 g/mol. The molecule has 120 valence electrons. The lowest BCUT2D eigenvalue weighted by molar-refractivity contribution is -0.0659. The molecule has 0 atom stereocenters. The molecule has 7 heteroatoms. The van der Waals surface area contributed by atoms with E-state index in [1.54, 1.807) is 13.2 Å². The van der Waals surface area contributed by atoms with Gasteiger partial charge in [0.1, 0.15) is 4.21 Å². The minimum Gasteiger partial charge on any atom is -0.377 e. The third kappa shape index (κ3) is 4.26. The summed E-state index contributed by atoms with van der Waals surface area (Å²) in [5, 5.41) is 5.17. The first-order chi connectivity index (χ1) is 10.0. The van der Waals surface area contributed by atoms with Gasteiger partial charge in [0.15, 0.2) is 0 Å². The van der Waals surface area contributed by atoms with Crippen LogP contribution in [0.15, 0.2) is 15.7 Å². The number of nitrogens with one attached hydrogen (secondary N) is 2. The summed E-state index contributed by atoms with van der Waals surface area (Å²) >= 11 is 1.27. The number of hydrogen-bond acceptors (Lipinski definition) is 5. The second-order valence-corrected chi connectivity index (χ2v) is 8.42. The van der Waals surface area contributed by atoms with Crippen molar-refractivity contribution in [2.75, 3.05) is 20.2 Å². The van der Waals surface area contributed by atoms with Crippen LogP contribution >= 0.6 is 11.3 Å². The largest absolute Gasteiger partial charge is 0.377 e. The van der Waals surface area contributed by atoms with Crippen molar-refractivity contribution in [2.45, 2.75) is 49.0 Å². The van der Waals surface area contributed by atoms with E-state index in [2.05, 4.69) is 17.0 Å². The molecule has 0 aromatic carbocycles. The molecule has 1 aromatic heterocycles. The second kappa shape index (κ2) is 7.19. The van der Waals surface area contributed by atoms with Crippen LogP contribution in [-0.4, -0.2) is 34.2 Å². The van der Waals surface area contributed by atoms with Gasteiger partial charge in [0, 0.05) is 20.2 Å². The van der Waals surface area contributed by atoms with E-state index in [1.807, 2.05) is 5.38 Å². The summed E-state index contributed by atoms with van der Waals surface area (Å²) < 4.78 is 33.1. The van der Waals surface area contributed by atoms with Crippen LogP contribution in [0.1, 0.15) is 38.2 Å². The maximum atomic E-state index is 12.3. The Morgan fingerprint density at radius 3 is 2.76 bits per heavy atom. The first-order valence-electron chi connectivity index (χ1n) is 7.34. The molecule has 0 unspecified atom stereocenters. The lowest BCUT2D eigenvalue weighted by atomic mass is 9.80. The van der Waals surface area contributed by atoms with Gasteiger partial charge >= 0.3 is 0 Å². The second-order valence-electron chi connectivity index (χ2n) is 5.52. The minimum atomic E-state index is -3.43. The number of thiophene rings is 1. The van der Waals surface area contributed by atoms with Gasteiger partial charge < -0.3 is 10.1 Å². The molecule has 2 rings (SSSR count). The fourth-order valence-corrected chi connectivity index (χ4v) is 4.69. The Morgan fingerprint density at radius 2 is 2.19 bits per heavy atom. The van der Waals surface area contributed by atoms with E-state index in [9.17, 15) is 8.42 Å². The Balaban J connectivity index is 1.93. The van der Waals surface area contributed by atoms with E-state index < -0.39 is 10.0 Å². The Labute approximate surface area is 131 Å². The van der Waals surface area contributed by atoms with E-state index >= 15 is 0 Å². The van der Waals surface area contributed by atoms with Gasteiger partial charge in [-0.15, -0.1) is 11.3 Å². The van der Waals surface area contributed by atoms with Gasteiger partial charge in [-0.05, 0) is 49.2 Å². The van der Waals surface area contributed by atoms with Crippen LogP contribution in [0.5, 0.6) is 0 Å². The quantitative estimate of drug-likeness (QED) is 0.680. The Bertz CT molecular complexity index is 545. The highest BCUT2D eigenvalue weighted by molar-refractivity contribution is 7.91. The van der Waals surface area contributed by atoms with Gasteiger partial charge in [-0.2, -0.15) is 0 Å². The van der Waals surface area contributed by atoms with Gasteiger partial charge in [-0.25, -0.2) is 13.1 Å². The lowest BCUT2D eigenvalue weighted by Crippen LogP contribution is -2.49. The molecule has 0 spiro atoms. The summed E-state index contributed by atoms with van der Waals surface area (Å²) in [6, 6.07) is 1.75. The molecule has 0 saturated heterocycles. The highest BCUT2D eigenvalue weighted by Crippen LogP contribution is 2.34. The Morgan fingerprint density at radius 1 is 1.43 bits per heavy atom. The molecule has 1 aliphatic carbocycles. The number of sulfonamides is 1. The molecule has 2 N–H and O–H groups in total. The third-order valence-electron chi connectivity index (χ3n) is 3.93. The number of rotatable bonds is 9. The van der Waals surface area contributed by atoms with Crippen LogP contribution in [0.3, 0.4) is 0 Å². The molecule has 21 heavy (non-hydrogen) atoms. The summed E-state index contributed by atoms with van der Waals surface area (Å²) in [6.45, 7) is 4.11. The van der Waals surface area contributed by atoms with Gasteiger partial charge in [0.2, 0.25) is 10.0 Å². The van der Waals surface area contributed by atoms with Gasteiger partial charge in [0.25, 0.3) is 0 Å². The van der Waals surface area contributed by atoms with Crippen molar-refractivity contribution >= 4 is 21.4 Å². The molecule has 0 radical (unpaired) electrons. The van der Waals surface area contributed by atoms with Gasteiger partial charge in [-0.3, -0.25) is 0 Å². The number of ether oxygens (including phenoxy) is 1. The fraction of sp³-hybridized carbons (Fsp3) is 0.714. The van der Waals surface area contributed by atoms with Crippen LogP contribution in [0, 0.1) is 0 Å². The van der Waals surface area contributed by atoms with Crippen LogP contribution in [0.4, 0.5) is 0 Å². The molecule has 1 aliphatic rings. The monoisotopic (exact) mass is 332 g/mol. The van der Waals surface area contributed by atoms with Gasteiger partial charge in [0.05, 0.1) is 5.60 Å². The molecule has 1 heterocycles. The molecule has 0 bridgehead atoms. The average molecular weight is 332 g/mol. The van der Waals surface area contributed by atoms with Crippen LogP contribution in [0.2, 0.25) is 0 Å². The molecule has 1 fully saturated rings. The standard InChI is InChI=1S/C14H24N2O3S2/c1-3-7-15-9-12-8-13(20-10-12)21(17,18)16-11-14(19-2)5-4-6-14/h8,10,15-16H,3-7,9,11H2,1-2H3. The first kappa shape index (κ1) is 16.9. The normalized spacial score (nSPS) is 17.6. The van der Waals surface area contributed by atoms with Crippen molar-refractivity contribution < 1.29 is 13.2 Å². The van der Waals surface area contributed by atoms with Crippen molar-refractivity contribution in [3.8, 4) is 0 Å². The predicted octanol–water partition coefficient (Wildman–Crippen LogP) is 2.10. The van der Waals surface area contributed by atoms with Crippen molar-refractivity contribution in [2.24, 2.45) is 0 Å². The molecular formula is C14H24N2O3S2. The maximum Gasteiger partial charge on any atom is 0.250 e. The van der Waals surface area contributed by atoms with Crippen LogP contribution in [0.25, 0.3) is 0 Å². The summed E-state index contributed by atoms with van der Waals surface area (Å²) in [5.74, 6) is 0. The zero-order valence-electron chi connectivity index (χ0n) is 12.6. The minimum absolute atomic E-state index is 0.296. The first-order valence-corrected chi connectivity index (χ1v) is 9.70. The predicted molar refractivity (Wildman–Crippen MR) is 85.1 cm³/mol. The molecule has 1 aromatic rings. The van der Waals surface area contributed by atoms with Crippen molar-refractivity contribution in [3.05, 3.63) is 17.0 Å². The van der Waals surface area contributed by atoms with Crippen LogP contribution in [-0.2, 0) is 21.3 Å². The highest BCUT2D eigenvalue weighted by Gasteiger charge is 2.38. The summed E-state index contributed by atoms with van der Waals surface area (Å²) in [4.78, 5) is 0. The fourth-order valence-electron chi connectivity index (χ4n) is 2.32. The molecule has 0 aliphatic heterocycles. The SMILES string of the molecule is CCCNCc1csc(S(=O)(=O)NCC2(OC)CCC2)c1. The Hall–Kier alpha value is -0.470. The van der Waals surface area contributed by atoms with E-state index in [0.29, 0.717) is 17.3 Å². The third-order valence-corrected chi connectivity index (χ3v) is 6.82. The van der Waals surface area contributed by atoms with Crippen molar-refractivity contribution in [3.63, 3.8) is 0 Å². The van der Waals surface area contributed by atoms with E-state index in [-0.39, 0.29) is 5.60 Å². The highest BCUT2D eigenvalue weighted by atomic mass is 32.2.